The van der Waals surface area contributed by atoms with Gasteiger partial charge in [0.25, 0.3) is 11.8 Å². The third kappa shape index (κ3) is 2.16. The number of alkyl halides is 3. The van der Waals surface area contributed by atoms with Gasteiger partial charge in [-0.25, -0.2) is 0 Å². The van der Waals surface area contributed by atoms with Crippen LogP contribution in [-0.2, 0) is 11.0 Å². The van der Waals surface area contributed by atoms with Gasteiger partial charge in [0.1, 0.15) is 6.54 Å². The first kappa shape index (κ1) is 13.1. The summed E-state index contributed by atoms with van der Waals surface area (Å²) in [4.78, 5) is 34.3. The third-order valence-electron chi connectivity index (χ3n) is 2.59. The lowest BCUT2D eigenvalue weighted by Crippen LogP contribution is -2.34. The van der Waals surface area contributed by atoms with Gasteiger partial charge in [-0.05, 0) is 18.2 Å². The maximum absolute atomic E-state index is 12.5. The highest BCUT2D eigenvalue weighted by atomic mass is 19.4. The molecule has 0 aliphatic carbocycles. The van der Waals surface area contributed by atoms with Crippen molar-refractivity contribution in [3.8, 4) is 0 Å². The van der Waals surface area contributed by atoms with Crippen LogP contribution in [0.5, 0.6) is 0 Å². The maximum Gasteiger partial charge on any atom is 0.416 e. The Bertz CT molecular complexity index is 594. The lowest BCUT2D eigenvalue weighted by atomic mass is 10.1. The first-order valence-corrected chi connectivity index (χ1v) is 5.01. The maximum atomic E-state index is 12.5. The molecule has 100 valence electrons. The van der Waals surface area contributed by atoms with E-state index in [1.807, 2.05) is 0 Å². The molecule has 0 aromatic heterocycles. The summed E-state index contributed by atoms with van der Waals surface area (Å²) < 4.78 is 37.5. The minimum absolute atomic E-state index is 0.223. The first-order valence-electron chi connectivity index (χ1n) is 5.01. The molecule has 0 fully saturated rings. The predicted octanol–water partition coefficient (Wildman–Crippen LogP) is 1.39. The molecule has 0 radical (unpaired) electrons. The van der Waals surface area contributed by atoms with E-state index in [-0.39, 0.29) is 5.56 Å². The molecule has 1 aromatic rings. The van der Waals surface area contributed by atoms with Crippen LogP contribution in [0.4, 0.5) is 13.2 Å². The summed E-state index contributed by atoms with van der Waals surface area (Å²) in [6.07, 6.45) is -4.64. The number of hydrogen-bond acceptors (Lipinski definition) is 3. The molecule has 0 unspecified atom stereocenters. The van der Waals surface area contributed by atoms with Crippen LogP contribution in [-0.4, -0.2) is 34.3 Å². The summed E-state index contributed by atoms with van der Waals surface area (Å²) in [7, 11) is 0. The molecule has 5 nitrogen and oxygen atoms in total. The number of aliphatic carboxylic acids is 1. The van der Waals surface area contributed by atoms with Crippen molar-refractivity contribution in [1.29, 1.82) is 0 Å². The molecule has 1 aromatic carbocycles. The average molecular weight is 273 g/mol. The highest BCUT2D eigenvalue weighted by molar-refractivity contribution is 6.22. The van der Waals surface area contributed by atoms with E-state index >= 15 is 0 Å². The average Bonchev–Trinajstić information content (AvgIpc) is 2.53. The summed E-state index contributed by atoms with van der Waals surface area (Å²) >= 11 is 0. The molecule has 19 heavy (non-hydrogen) atoms. The van der Waals surface area contributed by atoms with Crippen molar-refractivity contribution in [2.24, 2.45) is 0 Å². The second kappa shape index (κ2) is 4.08. The smallest absolute Gasteiger partial charge is 0.416 e. The van der Waals surface area contributed by atoms with Crippen molar-refractivity contribution < 1.29 is 32.7 Å². The van der Waals surface area contributed by atoms with Gasteiger partial charge in [0.15, 0.2) is 0 Å². The van der Waals surface area contributed by atoms with Gasteiger partial charge in [-0.2, -0.15) is 13.2 Å². The molecule has 8 heteroatoms. The quantitative estimate of drug-likeness (QED) is 0.826. The third-order valence-corrected chi connectivity index (χ3v) is 2.59. The highest BCUT2D eigenvalue weighted by Gasteiger charge is 2.39. The number of carbonyl (C=O) groups excluding carboxylic acids is 2. The molecule has 0 bridgehead atoms. The molecule has 1 aliphatic heterocycles. The molecule has 1 heterocycles. The monoisotopic (exact) mass is 273 g/mol. The Hall–Kier alpha value is -2.38. The number of benzene rings is 1. The van der Waals surface area contributed by atoms with Crippen molar-refractivity contribution in [3.05, 3.63) is 34.9 Å². The van der Waals surface area contributed by atoms with Crippen molar-refractivity contribution in [2.45, 2.75) is 6.18 Å². The first-order chi connectivity index (χ1) is 8.71. The van der Waals surface area contributed by atoms with Gasteiger partial charge in [0.2, 0.25) is 0 Å². The Morgan fingerprint density at radius 1 is 1.16 bits per heavy atom. The van der Waals surface area contributed by atoms with Crippen LogP contribution >= 0.6 is 0 Å². The molecule has 2 amide bonds. The minimum Gasteiger partial charge on any atom is -0.480 e. The normalized spacial score (nSPS) is 14.8. The molecule has 2 rings (SSSR count). The summed E-state index contributed by atoms with van der Waals surface area (Å²) in [6, 6.07) is 2.10. The fraction of sp³-hybridized carbons (Fsp3) is 0.182. The molecule has 0 saturated carbocycles. The number of amides is 2. The van der Waals surface area contributed by atoms with Crippen molar-refractivity contribution in [1.82, 2.24) is 4.90 Å². The summed E-state index contributed by atoms with van der Waals surface area (Å²) in [6.45, 7) is -0.881. The fourth-order valence-corrected chi connectivity index (χ4v) is 1.75. The van der Waals surface area contributed by atoms with Gasteiger partial charge < -0.3 is 5.11 Å². The molecule has 0 spiro atoms. The predicted molar refractivity (Wildman–Crippen MR) is 54.4 cm³/mol. The van der Waals surface area contributed by atoms with E-state index in [1.54, 1.807) is 0 Å². The van der Waals surface area contributed by atoms with Crippen molar-refractivity contribution in [2.75, 3.05) is 6.54 Å². The van der Waals surface area contributed by atoms with E-state index < -0.39 is 41.6 Å². The summed E-state index contributed by atoms with van der Waals surface area (Å²) in [5.41, 5.74) is -1.72. The Morgan fingerprint density at radius 2 is 1.74 bits per heavy atom. The summed E-state index contributed by atoms with van der Waals surface area (Å²) in [5.74, 6) is -3.37. The second-order valence-corrected chi connectivity index (χ2v) is 3.85. The van der Waals surface area contributed by atoms with Crippen LogP contribution in [0, 0.1) is 0 Å². The minimum atomic E-state index is -4.64. The zero-order valence-electron chi connectivity index (χ0n) is 9.19. The van der Waals surface area contributed by atoms with Crippen LogP contribution in [0.15, 0.2) is 18.2 Å². The van der Waals surface area contributed by atoms with E-state index in [0.717, 1.165) is 6.07 Å². The Morgan fingerprint density at radius 3 is 2.26 bits per heavy atom. The summed E-state index contributed by atoms with van der Waals surface area (Å²) in [5, 5.41) is 8.55. The Labute approximate surface area is 104 Å². The molecular weight excluding hydrogens is 267 g/mol. The van der Waals surface area contributed by atoms with E-state index in [4.69, 9.17) is 5.11 Å². The zero-order chi connectivity index (χ0) is 14.4. The van der Waals surface area contributed by atoms with Crippen LogP contribution in [0.2, 0.25) is 0 Å². The fourth-order valence-electron chi connectivity index (χ4n) is 1.75. The van der Waals surface area contributed by atoms with Gasteiger partial charge in [-0.15, -0.1) is 0 Å². The van der Waals surface area contributed by atoms with Gasteiger partial charge >= 0.3 is 12.1 Å². The Kier molecular flexibility index (Phi) is 2.80. The molecule has 1 N–H and O–H groups in total. The van der Waals surface area contributed by atoms with Gasteiger partial charge in [0, 0.05) is 0 Å². The molecule has 0 atom stereocenters. The van der Waals surface area contributed by atoms with E-state index in [9.17, 15) is 27.6 Å². The number of rotatable bonds is 2. The van der Waals surface area contributed by atoms with Gasteiger partial charge in [0.05, 0.1) is 16.7 Å². The number of fused-ring (bicyclic) bond motifs is 1. The SMILES string of the molecule is O=C(O)CN1C(=O)c2ccc(C(F)(F)F)cc2C1=O. The standard InChI is InChI=1S/C11H6F3NO4/c12-11(13,14)5-1-2-6-7(3-5)10(19)15(9(6)18)4-8(16)17/h1-3H,4H2,(H,16,17). The highest BCUT2D eigenvalue weighted by Crippen LogP contribution is 2.33. The molecule has 0 saturated heterocycles. The topological polar surface area (TPSA) is 74.7 Å². The van der Waals surface area contributed by atoms with Gasteiger partial charge in [-0.1, -0.05) is 0 Å². The lowest BCUT2D eigenvalue weighted by molar-refractivity contribution is -0.138. The second-order valence-electron chi connectivity index (χ2n) is 3.85. The van der Waals surface area contributed by atoms with Crippen LogP contribution in [0.3, 0.4) is 0 Å². The Balaban J connectivity index is 2.45. The number of hydrogen-bond donors (Lipinski definition) is 1. The van der Waals surface area contributed by atoms with Crippen LogP contribution < -0.4 is 0 Å². The largest absolute Gasteiger partial charge is 0.480 e. The lowest BCUT2D eigenvalue weighted by Gasteiger charge is -2.09. The molecular formula is C11H6F3NO4. The van der Waals surface area contributed by atoms with E-state index in [2.05, 4.69) is 0 Å². The van der Waals surface area contributed by atoms with Crippen LogP contribution in [0.25, 0.3) is 0 Å². The number of nitrogens with zero attached hydrogens (tertiary/aromatic N) is 1. The number of imide groups is 1. The van der Waals surface area contributed by atoms with Crippen molar-refractivity contribution in [3.63, 3.8) is 0 Å². The van der Waals surface area contributed by atoms with E-state index in [1.165, 1.54) is 0 Å². The van der Waals surface area contributed by atoms with Crippen LogP contribution in [0.1, 0.15) is 26.3 Å². The number of halogens is 3. The van der Waals surface area contributed by atoms with Gasteiger partial charge in [-0.3, -0.25) is 19.3 Å². The number of carboxylic acids is 1. The van der Waals surface area contributed by atoms with Crippen molar-refractivity contribution >= 4 is 17.8 Å². The zero-order valence-corrected chi connectivity index (χ0v) is 9.19. The van der Waals surface area contributed by atoms with E-state index in [0.29, 0.717) is 17.0 Å². The molecule has 1 aliphatic rings. The number of carbonyl (C=O) groups is 3. The number of carboxylic acid groups (broad SMARTS) is 1.